The molecule has 5 nitrogen and oxygen atoms in total. The molecule has 140 valence electrons. The summed E-state index contributed by atoms with van der Waals surface area (Å²) in [5, 5.41) is 5.48. The van der Waals surface area contributed by atoms with Crippen LogP contribution in [0.4, 0.5) is 0 Å². The van der Waals surface area contributed by atoms with Crippen LogP contribution in [0.15, 0.2) is 6.07 Å². The van der Waals surface area contributed by atoms with Gasteiger partial charge in [-0.3, -0.25) is 9.48 Å². The van der Waals surface area contributed by atoms with Crippen molar-refractivity contribution in [2.45, 2.75) is 64.7 Å². The van der Waals surface area contributed by atoms with Gasteiger partial charge in [0.05, 0.1) is 16.6 Å². The highest BCUT2D eigenvalue weighted by Crippen LogP contribution is 2.40. The smallest absolute Gasteiger partial charge is 0.254 e. The molecule has 2 fully saturated rings. The monoisotopic (exact) mass is 354 g/mol. The average molecular weight is 354 g/mol. The lowest BCUT2D eigenvalue weighted by atomic mass is 9.96. The first-order chi connectivity index (χ1) is 12.6. The lowest BCUT2D eigenvalue weighted by Crippen LogP contribution is -2.32. The van der Waals surface area contributed by atoms with Gasteiger partial charge in [-0.2, -0.15) is 5.10 Å². The molecule has 0 radical (unpaired) electrons. The molecule has 1 atom stereocenters. The number of carbonyl (C=O) groups excluding carboxylic acids is 1. The summed E-state index contributed by atoms with van der Waals surface area (Å²) >= 11 is 0. The summed E-state index contributed by atoms with van der Waals surface area (Å²) in [5.74, 6) is 1.48. The fourth-order valence-corrected chi connectivity index (χ4v) is 4.46. The van der Waals surface area contributed by atoms with Crippen LogP contribution < -0.4 is 0 Å². The predicted molar refractivity (Wildman–Crippen MR) is 103 cm³/mol. The van der Waals surface area contributed by atoms with Crippen LogP contribution in [0.25, 0.3) is 11.0 Å². The largest absolute Gasteiger partial charge is 0.339 e. The standard InChI is InChI=1S/C21H30N4O/c1-4-6-15-7-5-11-25(12-10-15)21(26)17-13-18(16-8-9-16)22-20-19(17)14(2)23-24(20)3/h13,15-16H,4-12H2,1-3H3. The molecule has 0 N–H and O–H groups in total. The fourth-order valence-electron chi connectivity index (χ4n) is 4.46. The number of rotatable bonds is 4. The molecule has 5 heteroatoms. The van der Waals surface area contributed by atoms with Gasteiger partial charge < -0.3 is 4.90 Å². The van der Waals surface area contributed by atoms with Crippen LogP contribution in [0.1, 0.15) is 79.5 Å². The summed E-state index contributed by atoms with van der Waals surface area (Å²) in [6.45, 7) is 6.00. The minimum absolute atomic E-state index is 0.174. The number of pyridine rings is 1. The zero-order chi connectivity index (χ0) is 18.3. The quantitative estimate of drug-likeness (QED) is 0.827. The summed E-state index contributed by atoms with van der Waals surface area (Å²) in [4.78, 5) is 20.4. The van der Waals surface area contributed by atoms with Crippen LogP contribution in [-0.2, 0) is 7.05 Å². The van der Waals surface area contributed by atoms with Gasteiger partial charge >= 0.3 is 0 Å². The first kappa shape index (κ1) is 17.5. The Labute approximate surface area is 155 Å². The summed E-state index contributed by atoms with van der Waals surface area (Å²) in [7, 11) is 1.93. The molecule has 1 aliphatic carbocycles. The van der Waals surface area contributed by atoms with Crippen molar-refractivity contribution in [3.8, 4) is 0 Å². The van der Waals surface area contributed by atoms with Gasteiger partial charge in [-0.15, -0.1) is 0 Å². The molecule has 1 aliphatic heterocycles. The van der Waals surface area contributed by atoms with Crippen LogP contribution in [0, 0.1) is 12.8 Å². The Kier molecular flexibility index (Phi) is 4.72. The molecule has 1 saturated heterocycles. The maximum absolute atomic E-state index is 13.4. The Morgan fingerprint density at radius 1 is 1.23 bits per heavy atom. The van der Waals surface area contributed by atoms with E-state index in [1.54, 1.807) is 0 Å². The van der Waals surface area contributed by atoms with E-state index < -0.39 is 0 Å². The molecule has 0 aromatic carbocycles. The van der Waals surface area contributed by atoms with Gasteiger partial charge in [-0.1, -0.05) is 19.8 Å². The summed E-state index contributed by atoms with van der Waals surface area (Å²) in [6.07, 6.45) is 8.40. The van der Waals surface area contributed by atoms with E-state index in [1.165, 1.54) is 32.1 Å². The van der Waals surface area contributed by atoms with Gasteiger partial charge in [0.2, 0.25) is 0 Å². The zero-order valence-electron chi connectivity index (χ0n) is 16.3. The molecule has 3 heterocycles. The van der Waals surface area contributed by atoms with E-state index in [-0.39, 0.29) is 5.91 Å². The van der Waals surface area contributed by atoms with Gasteiger partial charge in [0, 0.05) is 31.7 Å². The van der Waals surface area contributed by atoms with Crippen LogP contribution >= 0.6 is 0 Å². The topological polar surface area (TPSA) is 51.0 Å². The Morgan fingerprint density at radius 2 is 2.04 bits per heavy atom. The van der Waals surface area contributed by atoms with Crippen LogP contribution in [0.2, 0.25) is 0 Å². The van der Waals surface area contributed by atoms with Crippen molar-refractivity contribution in [3.63, 3.8) is 0 Å². The van der Waals surface area contributed by atoms with Crippen molar-refractivity contribution in [3.05, 3.63) is 23.0 Å². The van der Waals surface area contributed by atoms with Gasteiger partial charge in [0.25, 0.3) is 5.91 Å². The second-order valence-electron chi connectivity index (χ2n) is 8.15. The summed E-state index contributed by atoms with van der Waals surface area (Å²) in [5.41, 5.74) is 3.65. The third kappa shape index (κ3) is 3.24. The number of aromatic nitrogens is 3. The maximum Gasteiger partial charge on any atom is 0.254 e. The maximum atomic E-state index is 13.4. The first-order valence-corrected chi connectivity index (χ1v) is 10.2. The van der Waals surface area contributed by atoms with E-state index >= 15 is 0 Å². The van der Waals surface area contributed by atoms with Crippen molar-refractivity contribution < 1.29 is 4.79 Å². The van der Waals surface area contributed by atoms with Gasteiger partial charge in [-0.05, 0) is 51.0 Å². The normalized spacial score (nSPS) is 21.2. The van der Waals surface area contributed by atoms with Crippen molar-refractivity contribution in [1.82, 2.24) is 19.7 Å². The van der Waals surface area contributed by atoms with Crippen molar-refractivity contribution in [2.24, 2.45) is 13.0 Å². The summed E-state index contributed by atoms with van der Waals surface area (Å²) < 4.78 is 1.83. The lowest BCUT2D eigenvalue weighted by molar-refractivity contribution is 0.0761. The number of aryl methyl sites for hydroxylation is 2. The Hall–Kier alpha value is -1.91. The van der Waals surface area contributed by atoms with E-state index in [1.807, 2.05) is 18.7 Å². The highest BCUT2D eigenvalue weighted by Gasteiger charge is 2.30. The molecular formula is C21H30N4O. The van der Waals surface area contributed by atoms with Gasteiger partial charge in [-0.25, -0.2) is 4.98 Å². The molecule has 0 bridgehead atoms. The molecule has 26 heavy (non-hydrogen) atoms. The SMILES string of the molecule is CCCC1CCCN(C(=O)c2cc(C3CC3)nc3c2c(C)nn3C)CC1. The van der Waals surface area contributed by atoms with E-state index in [0.29, 0.717) is 5.92 Å². The number of carbonyl (C=O) groups is 1. The molecule has 4 rings (SSSR count). The van der Waals surface area contributed by atoms with Crippen LogP contribution in [0.3, 0.4) is 0 Å². The van der Waals surface area contributed by atoms with Crippen LogP contribution in [-0.4, -0.2) is 38.7 Å². The van der Waals surface area contributed by atoms with E-state index in [4.69, 9.17) is 4.98 Å². The first-order valence-electron chi connectivity index (χ1n) is 10.2. The Balaban J connectivity index is 1.67. The molecule has 1 unspecified atom stereocenters. The lowest BCUT2D eigenvalue weighted by Gasteiger charge is -2.21. The fraction of sp³-hybridized carbons (Fsp3) is 0.667. The van der Waals surface area contributed by atoms with Crippen LogP contribution in [0.5, 0.6) is 0 Å². The minimum Gasteiger partial charge on any atom is -0.339 e. The highest BCUT2D eigenvalue weighted by atomic mass is 16.2. The second-order valence-corrected chi connectivity index (χ2v) is 8.15. The van der Waals surface area contributed by atoms with Gasteiger partial charge in [0.15, 0.2) is 5.65 Å². The second kappa shape index (κ2) is 7.01. The average Bonchev–Trinajstić information content (AvgIpc) is 3.44. The highest BCUT2D eigenvalue weighted by molar-refractivity contribution is 6.06. The van der Waals surface area contributed by atoms with Crippen molar-refractivity contribution >= 4 is 16.9 Å². The molecule has 1 amide bonds. The number of likely N-dealkylation sites (tertiary alicyclic amines) is 1. The van der Waals surface area contributed by atoms with E-state index in [9.17, 15) is 4.79 Å². The zero-order valence-corrected chi connectivity index (χ0v) is 16.3. The number of amides is 1. The van der Waals surface area contributed by atoms with Crippen molar-refractivity contribution in [2.75, 3.05) is 13.1 Å². The number of nitrogens with zero attached hydrogens (tertiary/aromatic N) is 4. The minimum atomic E-state index is 0.174. The molecular weight excluding hydrogens is 324 g/mol. The van der Waals surface area contributed by atoms with E-state index in [0.717, 1.165) is 59.8 Å². The number of hydrogen-bond acceptors (Lipinski definition) is 3. The molecule has 0 spiro atoms. The molecule has 2 aliphatic rings. The van der Waals surface area contributed by atoms with Gasteiger partial charge in [0.1, 0.15) is 0 Å². The summed E-state index contributed by atoms with van der Waals surface area (Å²) in [6, 6.07) is 2.06. The number of hydrogen-bond donors (Lipinski definition) is 0. The van der Waals surface area contributed by atoms with Crippen molar-refractivity contribution in [1.29, 1.82) is 0 Å². The Bertz CT molecular complexity index is 821. The predicted octanol–water partition coefficient (Wildman–Crippen LogP) is 4.20. The Morgan fingerprint density at radius 3 is 2.77 bits per heavy atom. The number of fused-ring (bicyclic) bond motifs is 1. The molecule has 2 aromatic rings. The third-order valence-electron chi connectivity index (χ3n) is 6.05. The molecule has 1 saturated carbocycles. The molecule has 2 aromatic heterocycles. The van der Waals surface area contributed by atoms with E-state index in [2.05, 4.69) is 23.0 Å². The third-order valence-corrected chi connectivity index (χ3v) is 6.05.